The van der Waals surface area contributed by atoms with E-state index in [1.807, 2.05) is 13.8 Å². The normalized spacial score (nSPS) is 27.9. The molecule has 0 heterocycles. The van der Waals surface area contributed by atoms with Crippen LogP contribution in [-0.2, 0) is 4.74 Å². The zero-order valence-electron chi connectivity index (χ0n) is 11.5. The summed E-state index contributed by atoms with van der Waals surface area (Å²) in [5.41, 5.74) is -0.500. The van der Waals surface area contributed by atoms with Crippen LogP contribution < -0.4 is 5.32 Å². The van der Waals surface area contributed by atoms with Gasteiger partial charge in [0.05, 0.1) is 24.9 Å². The minimum Gasteiger partial charge on any atom is -0.394 e. The maximum Gasteiger partial charge on any atom is 0.0655 e. The molecule has 0 amide bonds. The highest BCUT2D eigenvalue weighted by molar-refractivity contribution is 5.06. The summed E-state index contributed by atoms with van der Waals surface area (Å²) < 4.78 is 5.67. The van der Waals surface area contributed by atoms with Gasteiger partial charge in [-0.25, -0.2) is 0 Å². The maximum absolute atomic E-state index is 9.43. The second-order valence-corrected chi connectivity index (χ2v) is 5.65. The minimum atomic E-state index is -0.556. The van der Waals surface area contributed by atoms with Crippen LogP contribution in [0.25, 0.3) is 0 Å². The van der Waals surface area contributed by atoms with E-state index in [9.17, 15) is 10.2 Å². The highest BCUT2D eigenvalue weighted by Gasteiger charge is 2.50. The smallest absolute Gasteiger partial charge is 0.0655 e. The van der Waals surface area contributed by atoms with Crippen molar-refractivity contribution in [3.8, 4) is 0 Å². The largest absolute Gasteiger partial charge is 0.394 e. The Kier molecular flexibility index (Phi) is 4.95. The van der Waals surface area contributed by atoms with E-state index in [0.29, 0.717) is 12.5 Å². The van der Waals surface area contributed by atoms with Gasteiger partial charge in [-0.3, -0.25) is 0 Å². The summed E-state index contributed by atoms with van der Waals surface area (Å²) in [5.74, 6) is 0. The fraction of sp³-hybridized carbons (Fsp3) is 1.00. The number of aliphatic hydroxyl groups excluding tert-OH is 2. The number of hydrogen-bond acceptors (Lipinski definition) is 4. The van der Waals surface area contributed by atoms with E-state index in [1.54, 1.807) is 0 Å². The lowest BCUT2D eigenvalue weighted by Crippen LogP contribution is -2.67. The number of ether oxygens (including phenoxy) is 1. The predicted molar refractivity (Wildman–Crippen MR) is 67.9 cm³/mol. The van der Waals surface area contributed by atoms with Crippen molar-refractivity contribution < 1.29 is 14.9 Å². The molecule has 1 aliphatic rings. The molecule has 0 spiro atoms. The Bertz CT molecular complexity index is 231. The summed E-state index contributed by atoms with van der Waals surface area (Å²) in [7, 11) is 0. The lowest BCUT2D eigenvalue weighted by Gasteiger charge is -2.54. The Morgan fingerprint density at radius 3 is 2.24 bits per heavy atom. The van der Waals surface area contributed by atoms with Gasteiger partial charge in [0.15, 0.2) is 0 Å². The Labute approximate surface area is 104 Å². The van der Waals surface area contributed by atoms with E-state index in [2.05, 4.69) is 19.2 Å². The van der Waals surface area contributed by atoms with Crippen LogP contribution in [0.3, 0.4) is 0 Å². The standard InChI is InChI=1S/C13H27NO3/c1-5-13(8-15,9-16)14-10-7-11(17-6-2)12(10,3)4/h10-11,14-16H,5-9H2,1-4H3. The number of nitrogens with one attached hydrogen (secondary N) is 1. The zero-order chi connectivity index (χ0) is 13.1. The molecule has 0 aromatic heterocycles. The molecule has 4 heteroatoms. The van der Waals surface area contributed by atoms with E-state index >= 15 is 0 Å². The van der Waals surface area contributed by atoms with Gasteiger partial charge in [-0.15, -0.1) is 0 Å². The van der Waals surface area contributed by atoms with Crippen molar-refractivity contribution in [1.29, 1.82) is 0 Å². The van der Waals surface area contributed by atoms with Crippen molar-refractivity contribution in [1.82, 2.24) is 5.32 Å². The molecule has 4 nitrogen and oxygen atoms in total. The van der Waals surface area contributed by atoms with Crippen molar-refractivity contribution in [2.24, 2.45) is 5.41 Å². The Morgan fingerprint density at radius 1 is 1.29 bits per heavy atom. The molecule has 0 radical (unpaired) electrons. The monoisotopic (exact) mass is 245 g/mol. The molecule has 0 aromatic carbocycles. The van der Waals surface area contributed by atoms with Gasteiger partial charge in [-0.2, -0.15) is 0 Å². The molecule has 102 valence electrons. The molecule has 2 unspecified atom stereocenters. The van der Waals surface area contributed by atoms with Gasteiger partial charge in [0.2, 0.25) is 0 Å². The van der Waals surface area contributed by atoms with E-state index in [1.165, 1.54) is 0 Å². The van der Waals surface area contributed by atoms with Crippen molar-refractivity contribution >= 4 is 0 Å². The van der Waals surface area contributed by atoms with Crippen LogP contribution in [-0.4, -0.2) is 47.7 Å². The minimum absolute atomic E-state index is 0.0358. The molecule has 0 saturated heterocycles. The van der Waals surface area contributed by atoms with Crippen LogP contribution in [0.2, 0.25) is 0 Å². The summed E-state index contributed by atoms with van der Waals surface area (Å²) in [6, 6.07) is 0.290. The van der Waals surface area contributed by atoms with Crippen LogP contribution in [0.4, 0.5) is 0 Å². The van der Waals surface area contributed by atoms with Gasteiger partial charge in [0.1, 0.15) is 0 Å². The van der Waals surface area contributed by atoms with Gasteiger partial charge in [0, 0.05) is 18.1 Å². The molecule has 1 rings (SSSR count). The Balaban J connectivity index is 2.59. The molecule has 3 N–H and O–H groups in total. The number of aliphatic hydroxyl groups is 2. The number of hydrogen-bond donors (Lipinski definition) is 3. The molecule has 1 aliphatic carbocycles. The molecule has 17 heavy (non-hydrogen) atoms. The Hall–Kier alpha value is -0.160. The van der Waals surface area contributed by atoms with Gasteiger partial charge < -0.3 is 20.3 Å². The first-order valence-electron chi connectivity index (χ1n) is 6.56. The number of rotatable bonds is 7. The lowest BCUT2D eigenvalue weighted by atomic mass is 9.63. The van der Waals surface area contributed by atoms with Crippen molar-refractivity contribution in [3.05, 3.63) is 0 Å². The van der Waals surface area contributed by atoms with E-state index < -0.39 is 5.54 Å². The first kappa shape index (κ1) is 14.9. The zero-order valence-corrected chi connectivity index (χ0v) is 11.5. The third-order valence-electron chi connectivity index (χ3n) is 4.31. The average Bonchev–Trinajstić information content (AvgIpc) is 2.34. The molecular formula is C13H27NO3. The molecule has 1 saturated carbocycles. The average molecular weight is 245 g/mol. The third kappa shape index (κ3) is 2.81. The first-order valence-corrected chi connectivity index (χ1v) is 6.56. The Morgan fingerprint density at radius 2 is 1.88 bits per heavy atom. The van der Waals surface area contributed by atoms with Gasteiger partial charge in [-0.1, -0.05) is 20.8 Å². The summed E-state index contributed by atoms with van der Waals surface area (Å²) in [6.07, 6.45) is 1.94. The van der Waals surface area contributed by atoms with Crippen LogP contribution in [0.5, 0.6) is 0 Å². The van der Waals surface area contributed by atoms with Crippen molar-refractivity contribution in [2.45, 2.75) is 58.2 Å². The summed E-state index contributed by atoms with van der Waals surface area (Å²) in [6.45, 7) is 8.99. The van der Waals surface area contributed by atoms with Crippen LogP contribution >= 0.6 is 0 Å². The summed E-state index contributed by atoms with van der Waals surface area (Å²) >= 11 is 0. The molecule has 0 aliphatic heterocycles. The van der Waals surface area contributed by atoms with E-state index in [-0.39, 0.29) is 24.7 Å². The van der Waals surface area contributed by atoms with Gasteiger partial charge >= 0.3 is 0 Å². The quantitative estimate of drug-likeness (QED) is 0.624. The molecule has 2 atom stereocenters. The second-order valence-electron chi connectivity index (χ2n) is 5.65. The maximum atomic E-state index is 9.43. The molecule has 0 aromatic rings. The second kappa shape index (κ2) is 5.65. The first-order chi connectivity index (χ1) is 7.95. The van der Waals surface area contributed by atoms with Crippen LogP contribution in [0, 0.1) is 5.41 Å². The van der Waals surface area contributed by atoms with E-state index in [0.717, 1.165) is 13.0 Å². The van der Waals surface area contributed by atoms with Crippen LogP contribution in [0.15, 0.2) is 0 Å². The van der Waals surface area contributed by atoms with Crippen LogP contribution in [0.1, 0.15) is 40.5 Å². The third-order valence-corrected chi connectivity index (χ3v) is 4.31. The van der Waals surface area contributed by atoms with Gasteiger partial charge in [-0.05, 0) is 19.8 Å². The SMILES string of the molecule is CCOC1CC(NC(CC)(CO)CO)C1(C)C. The highest BCUT2D eigenvalue weighted by Crippen LogP contribution is 2.43. The topological polar surface area (TPSA) is 61.7 Å². The van der Waals surface area contributed by atoms with Crippen molar-refractivity contribution in [2.75, 3.05) is 19.8 Å². The highest BCUT2D eigenvalue weighted by atomic mass is 16.5. The predicted octanol–water partition coefficient (Wildman–Crippen LogP) is 0.913. The fourth-order valence-corrected chi connectivity index (χ4v) is 2.45. The van der Waals surface area contributed by atoms with E-state index in [4.69, 9.17) is 4.74 Å². The lowest BCUT2D eigenvalue weighted by molar-refractivity contribution is -0.125. The molecular weight excluding hydrogens is 218 g/mol. The molecule has 1 fully saturated rings. The summed E-state index contributed by atoms with van der Waals surface area (Å²) in [4.78, 5) is 0. The summed E-state index contributed by atoms with van der Waals surface area (Å²) in [5, 5.41) is 22.3. The van der Waals surface area contributed by atoms with Crippen molar-refractivity contribution in [3.63, 3.8) is 0 Å². The fourth-order valence-electron chi connectivity index (χ4n) is 2.45. The van der Waals surface area contributed by atoms with Gasteiger partial charge in [0.25, 0.3) is 0 Å². The molecule has 0 bridgehead atoms.